The first kappa shape index (κ1) is 18.0. The minimum atomic E-state index is -0.102. The Morgan fingerprint density at radius 1 is 1.04 bits per heavy atom. The summed E-state index contributed by atoms with van der Waals surface area (Å²) in [5.41, 5.74) is 3.09. The third-order valence-electron chi connectivity index (χ3n) is 4.73. The maximum atomic E-state index is 12.4. The van der Waals surface area contributed by atoms with Crippen molar-refractivity contribution in [1.29, 1.82) is 0 Å². The highest BCUT2D eigenvalue weighted by Gasteiger charge is 2.27. The second kappa shape index (κ2) is 8.52. The number of urea groups is 1. The van der Waals surface area contributed by atoms with Crippen LogP contribution in [0.3, 0.4) is 0 Å². The molecule has 5 nitrogen and oxygen atoms in total. The van der Waals surface area contributed by atoms with Crippen LogP contribution in [0.25, 0.3) is 0 Å². The number of benzene rings is 2. The van der Waals surface area contributed by atoms with E-state index in [1.54, 1.807) is 4.90 Å². The summed E-state index contributed by atoms with van der Waals surface area (Å²) in [6.45, 7) is 3.79. The van der Waals surface area contributed by atoms with E-state index in [0.717, 1.165) is 11.3 Å². The number of piperidine rings is 1. The number of amides is 3. The van der Waals surface area contributed by atoms with E-state index in [0.29, 0.717) is 32.5 Å². The van der Waals surface area contributed by atoms with Crippen LogP contribution < -0.4 is 10.6 Å². The Morgan fingerprint density at radius 2 is 1.77 bits per heavy atom. The summed E-state index contributed by atoms with van der Waals surface area (Å²) >= 11 is 0. The fraction of sp³-hybridized carbons (Fsp3) is 0.333. The molecule has 5 heteroatoms. The first-order valence-electron chi connectivity index (χ1n) is 9.06. The highest BCUT2D eigenvalue weighted by atomic mass is 16.2. The van der Waals surface area contributed by atoms with Crippen LogP contribution in [0.1, 0.15) is 24.0 Å². The van der Waals surface area contributed by atoms with Gasteiger partial charge in [-0.05, 0) is 37.5 Å². The lowest BCUT2D eigenvalue weighted by molar-refractivity contribution is -0.126. The Bertz CT molecular complexity index is 753. The molecule has 0 atom stereocenters. The summed E-state index contributed by atoms with van der Waals surface area (Å²) in [6.07, 6.45) is 1.39. The van der Waals surface area contributed by atoms with Crippen molar-refractivity contribution in [1.82, 2.24) is 10.2 Å². The van der Waals surface area contributed by atoms with Crippen LogP contribution in [0.5, 0.6) is 0 Å². The number of carbonyl (C=O) groups excluding carboxylic acids is 2. The fourth-order valence-corrected chi connectivity index (χ4v) is 3.22. The molecule has 1 saturated heterocycles. The minimum absolute atomic E-state index is 0.0272. The van der Waals surface area contributed by atoms with E-state index < -0.39 is 0 Å². The fourth-order valence-electron chi connectivity index (χ4n) is 3.22. The van der Waals surface area contributed by atoms with Crippen LogP contribution in [0, 0.1) is 12.8 Å². The molecule has 0 saturated carbocycles. The zero-order chi connectivity index (χ0) is 18.4. The number of anilines is 1. The molecule has 3 amide bonds. The van der Waals surface area contributed by atoms with E-state index in [4.69, 9.17) is 0 Å². The van der Waals surface area contributed by atoms with Gasteiger partial charge in [0.1, 0.15) is 0 Å². The number of aryl methyl sites for hydroxylation is 1. The normalized spacial score (nSPS) is 14.7. The number of rotatable bonds is 4. The van der Waals surface area contributed by atoms with E-state index >= 15 is 0 Å². The van der Waals surface area contributed by atoms with Crippen LogP contribution in [-0.4, -0.2) is 29.9 Å². The van der Waals surface area contributed by atoms with Gasteiger partial charge in [-0.2, -0.15) is 0 Å². The van der Waals surface area contributed by atoms with Gasteiger partial charge in [0.15, 0.2) is 0 Å². The average Bonchev–Trinajstić information content (AvgIpc) is 2.67. The van der Waals surface area contributed by atoms with E-state index in [-0.39, 0.29) is 17.9 Å². The van der Waals surface area contributed by atoms with Crippen molar-refractivity contribution in [3.05, 3.63) is 65.7 Å². The van der Waals surface area contributed by atoms with E-state index in [1.807, 2.05) is 55.5 Å². The molecule has 1 fully saturated rings. The Balaban J connectivity index is 1.44. The molecule has 26 heavy (non-hydrogen) atoms. The third kappa shape index (κ3) is 4.85. The van der Waals surface area contributed by atoms with Gasteiger partial charge in [0.2, 0.25) is 5.91 Å². The monoisotopic (exact) mass is 351 g/mol. The molecular formula is C21H25N3O2. The van der Waals surface area contributed by atoms with Crippen molar-refractivity contribution in [2.24, 2.45) is 5.92 Å². The molecule has 0 aliphatic carbocycles. The van der Waals surface area contributed by atoms with Gasteiger partial charge < -0.3 is 15.5 Å². The molecule has 0 aromatic heterocycles. The summed E-state index contributed by atoms with van der Waals surface area (Å²) < 4.78 is 0. The summed E-state index contributed by atoms with van der Waals surface area (Å²) in [5.74, 6) is 0.0511. The number of para-hydroxylation sites is 1. The molecule has 0 unspecified atom stereocenters. The molecule has 0 bridgehead atoms. The summed E-state index contributed by atoms with van der Waals surface area (Å²) in [4.78, 5) is 26.5. The van der Waals surface area contributed by atoms with Gasteiger partial charge >= 0.3 is 6.03 Å². The smallest absolute Gasteiger partial charge is 0.321 e. The van der Waals surface area contributed by atoms with E-state index in [2.05, 4.69) is 16.7 Å². The van der Waals surface area contributed by atoms with Crippen molar-refractivity contribution in [3.8, 4) is 0 Å². The minimum Gasteiger partial charge on any atom is -0.352 e. The van der Waals surface area contributed by atoms with Gasteiger partial charge in [-0.3, -0.25) is 4.79 Å². The van der Waals surface area contributed by atoms with Gasteiger partial charge in [0.25, 0.3) is 0 Å². The number of hydrogen-bond donors (Lipinski definition) is 2. The second-order valence-corrected chi connectivity index (χ2v) is 6.76. The number of likely N-dealkylation sites (tertiary alicyclic amines) is 1. The molecule has 0 spiro atoms. The first-order valence-corrected chi connectivity index (χ1v) is 9.06. The highest BCUT2D eigenvalue weighted by Crippen LogP contribution is 2.19. The highest BCUT2D eigenvalue weighted by molar-refractivity contribution is 5.89. The van der Waals surface area contributed by atoms with Crippen molar-refractivity contribution in [3.63, 3.8) is 0 Å². The zero-order valence-electron chi connectivity index (χ0n) is 15.1. The maximum absolute atomic E-state index is 12.4. The summed E-state index contributed by atoms with van der Waals surface area (Å²) in [7, 11) is 0. The predicted octanol–water partition coefficient (Wildman–Crippen LogP) is 3.56. The van der Waals surface area contributed by atoms with Crippen LogP contribution in [0.15, 0.2) is 54.6 Å². The standard InChI is InChI=1S/C21H25N3O2/c1-16-6-5-7-17(14-16)15-22-20(25)18-10-12-24(13-11-18)21(26)23-19-8-3-2-4-9-19/h2-9,14,18H,10-13,15H2,1H3,(H,22,25)(H,23,26). The third-order valence-corrected chi connectivity index (χ3v) is 4.73. The molecule has 1 aliphatic rings. The number of hydrogen-bond acceptors (Lipinski definition) is 2. The largest absolute Gasteiger partial charge is 0.352 e. The quantitative estimate of drug-likeness (QED) is 0.885. The summed E-state index contributed by atoms with van der Waals surface area (Å²) in [6, 6.07) is 17.5. The lowest BCUT2D eigenvalue weighted by Gasteiger charge is -2.31. The Labute approximate surface area is 154 Å². The molecule has 0 radical (unpaired) electrons. The molecule has 2 aromatic carbocycles. The topological polar surface area (TPSA) is 61.4 Å². The van der Waals surface area contributed by atoms with Crippen molar-refractivity contribution < 1.29 is 9.59 Å². The Morgan fingerprint density at radius 3 is 2.46 bits per heavy atom. The SMILES string of the molecule is Cc1cccc(CNC(=O)C2CCN(C(=O)Nc3ccccc3)CC2)c1. The molecule has 2 aromatic rings. The van der Waals surface area contributed by atoms with Gasteiger partial charge in [0, 0.05) is 31.2 Å². The lowest BCUT2D eigenvalue weighted by atomic mass is 9.96. The van der Waals surface area contributed by atoms with Crippen LogP contribution in [-0.2, 0) is 11.3 Å². The van der Waals surface area contributed by atoms with E-state index in [9.17, 15) is 9.59 Å². The molecule has 1 heterocycles. The molecular weight excluding hydrogens is 326 g/mol. The number of carbonyl (C=O) groups is 2. The maximum Gasteiger partial charge on any atom is 0.321 e. The van der Waals surface area contributed by atoms with Crippen LogP contribution in [0.4, 0.5) is 10.5 Å². The van der Waals surface area contributed by atoms with E-state index in [1.165, 1.54) is 5.56 Å². The summed E-state index contributed by atoms with van der Waals surface area (Å²) in [5, 5.41) is 5.92. The lowest BCUT2D eigenvalue weighted by Crippen LogP contribution is -2.44. The average molecular weight is 351 g/mol. The molecule has 3 rings (SSSR count). The van der Waals surface area contributed by atoms with Crippen molar-refractivity contribution in [2.45, 2.75) is 26.3 Å². The predicted molar refractivity (Wildman–Crippen MR) is 103 cm³/mol. The van der Waals surface area contributed by atoms with Crippen molar-refractivity contribution in [2.75, 3.05) is 18.4 Å². The van der Waals surface area contributed by atoms with Gasteiger partial charge in [-0.15, -0.1) is 0 Å². The molecule has 2 N–H and O–H groups in total. The number of nitrogens with one attached hydrogen (secondary N) is 2. The van der Waals surface area contributed by atoms with Crippen LogP contribution in [0.2, 0.25) is 0 Å². The van der Waals surface area contributed by atoms with Gasteiger partial charge in [0.05, 0.1) is 0 Å². The molecule has 136 valence electrons. The van der Waals surface area contributed by atoms with Crippen LogP contribution >= 0.6 is 0 Å². The first-order chi connectivity index (χ1) is 12.6. The Kier molecular flexibility index (Phi) is 5.89. The Hall–Kier alpha value is -2.82. The zero-order valence-corrected chi connectivity index (χ0v) is 15.1. The van der Waals surface area contributed by atoms with Crippen molar-refractivity contribution >= 4 is 17.6 Å². The number of nitrogens with zero attached hydrogens (tertiary/aromatic N) is 1. The van der Waals surface area contributed by atoms with Gasteiger partial charge in [-0.1, -0.05) is 48.0 Å². The molecule has 1 aliphatic heterocycles. The second-order valence-electron chi connectivity index (χ2n) is 6.76. The van der Waals surface area contributed by atoms with Gasteiger partial charge in [-0.25, -0.2) is 4.79 Å².